The number of carbonyl (C=O) groups is 1. The van der Waals surface area contributed by atoms with E-state index in [0.29, 0.717) is 27.6 Å². The summed E-state index contributed by atoms with van der Waals surface area (Å²) in [6.45, 7) is 0.271. The van der Waals surface area contributed by atoms with Crippen LogP contribution in [0.25, 0.3) is 0 Å². The number of halogens is 2. The van der Waals surface area contributed by atoms with Crippen molar-refractivity contribution in [3.05, 3.63) is 63.1 Å². The van der Waals surface area contributed by atoms with Crippen molar-refractivity contribution in [3.8, 4) is 5.75 Å². The van der Waals surface area contributed by atoms with E-state index in [4.69, 9.17) is 33.0 Å². The maximum Gasteiger partial charge on any atom is 0.153 e. The zero-order valence-corrected chi connectivity index (χ0v) is 12.0. The molecular formula is C15H12Cl2O3. The van der Waals surface area contributed by atoms with E-state index in [1.54, 1.807) is 0 Å². The molecule has 104 valence electrons. The normalized spacial score (nSPS) is 10.3. The minimum atomic E-state index is -0.000556. The summed E-state index contributed by atoms with van der Waals surface area (Å²) in [5.74, 6) is 0.317. The van der Waals surface area contributed by atoms with Crippen molar-refractivity contribution in [2.45, 2.75) is 13.2 Å². The van der Waals surface area contributed by atoms with E-state index in [1.165, 1.54) is 12.1 Å². The largest absolute Gasteiger partial charge is 0.487 e. The zero-order chi connectivity index (χ0) is 14.5. The quantitative estimate of drug-likeness (QED) is 0.853. The standard InChI is InChI=1S/C15H12Cl2O3/c16-13-5-12(8-19)15(14(17)6-13)20-9-11-3-1-10(7-18)2-4-11/h1-6,8,18H,7,9H2. The second-order valence-electron chi connectivity index (χ2n) is 4.19. The topological polar surface area (TPSA) is 46.5 Å². The van der Waals surface area contributed by atoms with E-state index < -0.39 is 0 Å². The van der Waals surface area contributed by atoms with E-state index >= 15 is 0 Å². The average Bonchev–Trinajstić information content (AvgIpc) is 2.46. The summed E-state index contributed by atoms with van der Waals surface area (Å²) in [5, 5.41) is 9.65. The molecule has 0 radical (unpaired) electrons. The van der Waals surface area contributed by atoms with Gasteiger partial charge in [0, 0.05) is 5.02 Å². The van der Waals surface area contributed by atoms with Gasteiger partial charge in [-0.05, 0) is 23.3 Å². The second-order valence-corrected chi connectivity index (χ2v) is 5.03. The lowest BCUT2D eigenvalue weighted by molar-refractivity contribution is 0.111. The maximum absolute atomic E-state index is 11.0. The molecule has 2 rings (SSSR count). The lowest BCUT2D eigenvalue weighted by Crippen LogP contribution is -1.99. The van der Waals surface area contributed by atoms with Gasteiger partial charge >= 0.3 is 0 Å². The fourth-order valence-corrected chi connectivity index (χ4v) is 2.28. The van der Waals surface area contributed by atoms with Gasteiger partial charge in [0.15, 0.2) is 6.29 Å². The van der Waals surface area contributed by atoms with Crippen LogP contribution in [-0.4, -0.2) is 11.4 Å². The first-order valence-electron chi connectivity index (χ1n) is 5.89. The van der Waals surface area contributed by atoms with E-state index in [9.17, 15) is 4.79 Å². The van der Waals surface area contributed by atoms with Crippen LogP contribution >= 0.6 is 23.2 Å². The van der Waals surface area contributed by atoms with Gasteiger partial charge in [-0.1, -0.05) is 47.5 Å². The molecule has 0 unspecified atom stereocenters. The van der Waals surface area contributed by atoms with Crippen molar-refractivity contribution in [2.24, 2.45) is 0 Å². The van der Waals surface area contributed by atoms with Crippen LogP contribution in [0.1, 0.15) is 21.5 Å². The molecule has 0 bridgehead atoms. The molecule has 5 heteroatoms. The third kappa shape index (κ3) is 3.51. The number of aliphatic hydroxyl groups is 1. The van der Waals surface area contributed by atoms with Gasteiger partial charge < -0.3 is 9.84 Å². The van der Waals surface area contributed by atoms with Gasteiger partial charge in [0.25, 0.3) is 0 Å². The van der Waals surface area contributed by atoms with Crippen molar-refractivity contribution in [1.82, 2.24) is 0 Å². The van der Waals surface area contributed by atoms with Gasteiger partial charge in [0.1, 0.15) is 12.4 Å². The summed E-state index contributed by atoms with van der Waals surface area (Å²) in [6, 6.07) is 10.3. The van der Waals surface area contributed by atoms with Crippen molar-refractivity contribution >= 4 is 29.5 Å². The Labute approximate surface area is 126 Å². The molecule has 0 aromatic heterocycles. The van der Waals surface area contributed by atoms with Crippen molar-refractivity contribution in [2.75, 3.05) is 0 Å². The monoisotopic (exact) mass is 310 g/mol. The third-order valence-electron chi connectivity index (χ3n) is 2.75. The predicted octanol–water partition coefficient (Wildman–Crippen LogP) is 3.88. The van der Waals surface area contributed by atoms with Crippen LogP contribution in [0.15, 0.2) is 36.4 Å². The van der Waals surface area contributed by atoms with Crippen LogP contribution in [0.4, 0.5) is 0 Å². The summed E-state index contributed by atoms with van der Waals surface area (Å²) in [6.07, 6.45) is 0.655. The Hall–Kier alpha value is -1.55. The molecule has 0 aliphatic rings. The summed E-state index contributed by atoms with van der Waals surface area (Å²) in [5.41, 5.74) is 2.05. The highest BCUT2D eigenvalue weighted by Crippen LogP contribution is 2.32. The molecule has 0 aliphatic carbocycles. The Morgan fingerprint density at radius 1 is 1.10 bits per heavy atom. The highest BCUT2D eigenvalue weighted by atomic mass is 35.5. The molecule has 0 heterocycles. The number of hydrogen-bond donors (Lipinski definition) is 1. The number of ether oxygens (including phenoxy) is 1. The van der Waals surface area contributed by atoms with Crippen molar-refractivity contribution in [3.63, 3.8) is 0 Å². The first kappa shape index (κ1) is 14.9. The molecular weight excluding hydrogens is 299 g/mol. The lowest BCUT2D eigenvalue weighted by Gasteiger charge is -2.11. The molecule has 0 fully saturated rings. The van der Waals surface area contributed by atoms with Crippen LogP contribution in [0, 0.1) is 0 Å². The van der Waals surface area contributed by atoms with Gasteiger partial charge in [0.2, 0.25) is 0 Å². The van der Waals surface area contributed by atoms with Gasteiger partial charge in [-0.25, -0.2) is 0 Å². The maximum atomic E-state index is 11.0. The highest BCUT2D eigenvalue weighted by Gasteiger charge is 2.10. The first-order chi connectivity index (χ1) is 9.63. The predicted molar refractivity (Wildman–Crippen MR) is 78.5 cm³/mol. The van der Waals surface area contributed by atoms with Gasteiger partial charge in [-0.2, -0.15) is 0 Å². The van der Waals surface area contributed by atoms with Crippen LogP contribution in [0.3, 0.4) is 0 Å². The Morgan fingerprint density at radius 2 is 1.75 bits per heavy atom. The smallest absolute Gasteiger partial charge is 0.153 e. The van der Waals surface area contributed by atoms with Crippen LogP contribution in [0.5, 0.6) is 5.75 Å². The summed E-state index contributed by atoms with van der Waals surface area (Å²) in [4.78, 5) is 11.0. The average molecular weight is 311 g/mol. The molecule has 0 aliphatic heterocycles. The number of aldehydes is 1. The minimum absolute atomic E-state index is 0.000556. The fourth-order valence-electron chi connectivity index (χ4n) is 1.72. The van der Waals surface area contributed by atoms with E-state index in [-0.39, 0.29) is 13.2 Å². The highest BCUT2D eigenvalue weighted by molar-refractivity contribution is 6.36. The van der Waals surface area contributed by atoms with Crippen LogP contribution in [-0.2, 0) is 13.2 Å². The van der Waals surface area contributed by atoms with E-state index in [0.717, 1.165) is 11.1 Å². The Morgan fingerprint density at radius 3 is 2.35 bits per heavy atom. The molecule has 20 heavy (non-hydrogen) atoms. The van der Waals surface area contributed by atoms with Crippen molar-refractivity contribution in [1.29, 1.82) is 0 Å². The Bertz CT molecular complexity index is 609. The second kappa shape index (κ2) is 6.75. The van der Waals surface area contributed by atoms with E-state index in [1.807, 2.05) is 24.3 Å². The molecule has 3 nitrogen and oxygen atoms in total. The number of rotatable bonds is 5. The van der Waals surface area contributed by atoms with Gasteiger partial charge in [0.05, 0.1) is 17.2 Å². The summed E-state index contributed by atoms with van der Waals surface area (Å²) in [7, 11) is 0. The van der Waals surface area contributed by atoms with Gasteiger partial charge in [-0.3, -0.25) is 4.79 Å². The molecule has 0 amide bonds. The van der Waals surface area contributed by atoms with Gasteiger partial charge in [-0.15, -0.1) is 0 Å². The lowest BCUT2D eigenvalue weighted by atomic mass is 10.1. The number of benzene rings is 2. The third-order valence-corrected chi connectivity index (χ3v) is 3.25. The van der Waals surface area contributed by atoms with Crippen LogP contribution < -0.4 is 4.74 Å². The molecule has 1 N–H and O–H groups in total. The number of aliphatic hydroxyl groups excluding tert-OH is 1. The van der Waals surface area contributed by atoms with Crippen LogP contribution in [0.2, 0.25) is 10.0 Å². The minimum Gasteiger partial charge on any atom is -0.487 e. The molecule has 0 saturated carbocycles. The Balaban J connectivity index is 2.15. The molecule has 0 atom stereocenters. The summed E-state index contributed by atoms with van der Waals surface area (Å²) < 4.78 is 5.59. The molecule has 2 aromatic rings. The molecule has 0 spiro atoms. The number of hydrogen-bond acceptors (Lipinski definition) is 3. The Kier molecular flexibility index (Phi) is 5.01. The number of carbonyl (C=O) groups excluding carboxylic acids is 1. The first-order valence-corrected chi connectivity index (χ1v) is 6.65. The SMILES string of the molecule is O=Cc1cc(Cl)cc(Cl)c1OCc1ccc(CO)cc1. The molecule has 0 saturated heterocycles. The van der Waals surface area contributed by atoms with Crippen molar-refractivity contribution < 1.29 is 14.6 Å². The van der Waals surface area contributed by atoms with E-state index in [2.05, 4.69) is 0 Å². The molecule has 2 aromatic carbocycles. The zero-order valence-electron chi connectivity index (χ0n) is 10.5. The fraction of sp³-hybridized carbons (Fsp3) is 0.133. The summed E-state index contributed by atoms with van der Waals surface area (Å²) >= 11 is 11.9.